The van der Waals surface area contributed by atoms with Crippen molar-refractivity contribution in [1.29, 1.82) is 0 Å². The molecule has 6 heteroatoms. The lowest BCUT2D eigenvalue weighted by atomic mass is 10.6. The van der Waals surface area contributed by atoms with Crippen molar-refractivity contribution < 1.29 is 29.3 Å². The predicted molar refractivity (Wildman–Crippen MR) is 26.3 cm³/mol. The third-order valence-electron chi connectivity index (χ3n) is 0.634. The van der Waals surface area contributed by atoms with Gasteiger partial charge >= 0.3 is 0 Å². The van der Waals surface area contributed by atoms with Gasteiger partial charge in [0.05, 0.1) is 0 Å². The first-order valence-electron chi connectivity index (χ1n) is 2.26. The third-order valence-corrected chi connectivity index (χ3v) is 0.634. The molecule has 0 radical (unpaired) electrons. The summed E-state index contributed by atoms with van der Waals surface area (Å²) in [6.07, 6.45) is -3.66. The van der Waals surface area contributed by atoms with Crippen LogP contribution in [0.4, 0.5) is 0 Å². The standard InChI is InChI=1S/C4H6O6/c5-1-9-3(7)4(8)10-2-6/h1-4,7-8H/t3-,4-/m0/s1. The molecule has 0 bridgehead atoms. The van der Waals surface area contributed by atoms with Crippen LogP contribution in [0.1, 0.15) is 0 Å². The molecule has 58 valence electrons. The molecule has 0 spiro atoms. The Morgan fingerprint density at radius 3 is 1.50 bits per heavy atom. The molecular formula is C4H6O6. The number of aliphatic hydroxyl groups excluding tert-OH is 2. The molecule has 6 nitrogen and oxygen atoms in total. The van der Waals surface area contributed by atoms with Crippen molar-refractivity contribution in [1.82, 2.24) is 0 Å². The van der Waals surface area contributed by atoms with E-state index in [0.717, 1.165) is 0 Å². The number of hydrogen-bond acceptors (Lipinski definition) is 6. The molecule has 0 aliphatic carbocycles. The number of carbonyl (C=O) groups excluding carboxylic acids is 2. The first-order valence-corrected chi connectivity index (χ1v) is 2.26. The zero-order valence-electron chi connectivity index (χ0n) is 4.84. The molecule has 0 aliphatic heterocycles. The van der Waals surface area contributed by atoms with Gasteiger partial charge in [-0.1, -0.05) is 0 Å². The summed E-state index contributed by atoms with van der Waals surface area (Å²) in [4.78, 5) is 19.0. The molecule has 0 fully saturated rings. The maximum Gasteiger partial charge on any atom is 0.295 e. The van der Waals surface area contributed by atoms with Crippen LogP contribution in [0.15, 0.2) is 0 Å². The molecular weight excluding hydrogens is 144 g/mol. The SMILES string of the molecule is O=CO[C@H](O)[C@@H](O)OC=O. The van der Waals surface area contributed by atoms with Crippen molar-refractivity contribution in [2.75, 3.05) is 0 Å². The maximum atomic E-state index is 9.49. The van der Waals surface area contributed by atoms with Crippen LogP contribution in [0.5, 0.6) is 0 Å². The summed E-state index contributed by atoms with van der Waals surface area (Å²) >= 11 is 0. The fraction of sp³-hybridized carbons (Fsp3) is 0.500. The summed E-state index contributed by atoms with van der Waals surface area (Å²) < 4.78 is 7.59. The van der Waals surface area contributed by atoms with Crippen LogP contribution in [-0.4, -0.2) is 35.7 Å². The van der Waals surface area contributed by atoms with Crippen molar-refractivity contribution in [3.8, 4) is 0 Å². The van der Waals surface area contributed by atoms with Gasteiger partial charge in [0.15, 0.2) is 0 Å². The Morgan fingerprint density at radius 2 is 1.30 bits per heavy atom. The van der Waals surface area contributed by atoms with E-state index in [2.05, 4.69) is 9.47 Å². The molecule has 0 aromatic rings. The van der Waals surface area contributed by atoms with Crippen molar-refractivity contribution in [2.24, 2.45) is 0 Å². The van der Waals surface area contributed by atoms with Crippen LogP contribution < -0.4 is 0 Å². The second kappa shape index (κ2) is 4.71. The van der Waals surface area contributed by atoms with Gasteiger partial charge in [0.1, 0.15) is 0 Å². The van der Waals surface area contributed by atoms with Crippen molar-refractivity contribution >= 4 is 12.9 Å². The minimum Gasteiger partial charge on any atom is -0.431 e. The van der Waals surface area contributed by atoms with Gasteiger partial charge in [-0.25, -0.2) is 0 Å². The van der Waals surface area contributed by atoms with E-state index >= 15 is 0 Å². The summed E-state index contributed by atoms with van der Waals surface area (Å²) in [6.45, 7) is -0.163. The van der Waals surface area contributed by atoms with E-state index in [1.165, 1.54) is 0 Å². The normalized spacial score (nSPS) is 15.0. The van der Waals surface area contributed by atoms with Crippen molar-refractivity contribution in [3.05, 3.63) is 0 Å². The van der Waals surface area contributed by atoms with E-state index in [1.807, 2.05) is 0 Å². The van der Waals surface area contributed by atoms with Gasteiger partial charge in [-0.2, -0.15) is 0 Å². The number of rotatable bonds is 5. The molecule has 0 heterocycles. The predicted octanol–water partition coefficient (Wildman–Crippen LogP) is -2.03. The second-order valence-corrected chi connectivity index (χ2v) is 1.25. The Kier molecular flexibility index (Phi) is 4.17. The topological polar surface area (TPSA) is 93.1 Å². The Balaban J connectivity index is 3.56. The highest BCUT2D eigenvalue weighted by Gasteiger charge is 2.17. The highest BCUT2D eigenvalue weighted by molar-refractivity contribution is 5.38. The molecule has 0 unspecified atom stereocenters. The average Bonchev–Trinajstić information content (AvgIpc) is 1.89. The lowest BCUT2D eigenvalue weighted by Crippen LogP contribution is -2.30. The van der Waals surface area contributed by atoms with Gasteiger partial charge < -0.3 is 19.7 Å². The molecule has 0 saturated carbocycles. The number of aliphatic hydroxyl groups is 2. The first-order chi connectivity index (χ1) is 4.72. The lowest BCUT2D eigenvalue weighted by molar-refractivity contribution is -0.229. The van der Waals surface area contributed by atoms with E-state index in [4.69, 9.17) is 10.2 Å². The van der Waals surface area contributed by atoms with Crippen molar-refractivity contribution in [3.63, 3.8) is 0 Å². The quantitative estimate of drug-likeness (QED) is 0.346. The summed E-state index contributed by atoms with van der Waals surface area (Å²) in [6, 6.07) is 0. The third kappa shape index (κ3) is 3.00. The van der Waals surface area contributed by atoms with Crippen LogP contribution in [0.3, 0.4) is 0 Å². The summed E-state index contributed by atoms with van der Waals surface area (Å²) in [7, 11) is 0. The largest absolute Gasteiger partial charge is 0.431 e. The number of ether oxygens (including phenoxy) is 2. The highest BCUT2D eigenvalue weighted by atomic mass is 16.7. The minimum atomic E-state index is -1.83. The Bertz CT molecular complexity index is 98.3. The molecule has 2 N–H and O–H groups in total. The van der Waals surface area contributed by atoms with Crippen LogP contribution in [-0.2, 0) is 19.1 Å². The second-order valence-electron chi connectivity index (χ2n) is 1.25. The molecule has 0 saturated heterocycles. The van der Waals surface area contributed by atoms with Gasteiger partial charge in [-0.3, -0.25) is 9.59 Å². The summed E-state index contributed by atoms with van der Waals surface area (Å²) in [5.41, 5.74) is 0. The fourth-order valence-electron chi connectivity index (χ4n) is 0.248. The smallest absolute Gasteiger partial charge is 0.295 e. The Labute approximate surface area is 56.0 Å². The van der Waals surface area contributed by atoms with Crippen LogP contribution in [0, 0.1) is 0 Å². The Morgan fingerprint density at radius 1 is 1.00 bits per heavy atom. The van der Waals surface area contributed by atoms with E-state index < -0.39 is 12.6 Å². The van der Waals surface area contributed by atoms with E-state index in [0.29, 0.717) is 0 Å². The van der Waals surface area contributed by atoms with E-state index in [1.54, 1.807) is 0 Å². The summed E-state index contributed by atoms with van der Waals surface area (Å²) in [5, 5.41) is 16.9. The molecule has 0 aromatic carbocycles. The van der Waals surface area contributed by atoms with Crippen LogP contribution in [0.25, 0.3) is 0 Å². The zero-order chi connectivity index (χ0) is 7.98. The van der Waals surface area contributed by atoms with E-state index in [9.17, 15) is 9.59 Å². The molecule has 0 rings (SSSR count). The lowest BCUT2D eigenvalue weighted by Gasteiger charge is -2.12. The molecule has 0 amide bonds. The summed E-state index contributed by atoms with van der Waals surface area (Å²) in [5.74, 6) is 0. The van der Waals surface area contributed by atoms with Gasteiger partial charge in [0.2, 0.25) is 0 Å². The van der Waals surface area contributed by atoms with Crippen LogP contribution >= 0.6 is 0 Å². The average molecular weight is 150 g/mol. The Hall–Kier alpha value is -1.14. The molecule has 2 atom stereocenters. The number of hydrogen-bond donors (Lipinski definition) is 2. The fourth-order valence-corrected chi connectivity index (χ4v) is 0.248. The zero-order valence-corrected chi connectivity index (χ0v) is 4.84. The molecule has 0 aromatic heterocycles. The van der Waals surface area contributed by atoms with Gasteiger partial charge in [0, 0.05) is 0 Å². The highest BCUT2D eigenvalue weighted by Crippen LogP contribution is 1.93. The molecule has 0 aliphatic rings. The van der Waals surface area contributed by atoms with E-state index in [-0.39, 0.29) is 12.9 Å². The monoisotopic (exact) mass is 150 g/mol. The van der Waals surface area contributed by atoms with Crippen molar-refractivity contribution in [2.45, 2.75) is 12.6 Å². The molecule has 10 heavy (non-hydrogen) atoms. The maximum absolute atomic E-state index is 9.49. The van der Waals surface area contributed by atoms with Gasteiger partial charge in [-0.15, -0.1) is 0 Å². The van der Waals surface area contributed by atoms with Crippen LogP contribution in [0.2, 0.25) is 0 Å². The van der Waals surface area contributed by atoms with Gasteiger partial charge in [-0.05, 0) is 0 Å². The first kappa shape index (κ1) is 8.86. The minimum absolute atomic E-state index is 0.0813. The number of carbonyl (C=O) groups is 2. The van der Waals surface area contributed by atoms with Gasteiger partial charge in [0.25, 0.3) is 25.5 Å².